The van der Waals surface area contributed by atoms with Crippen molar-refractivity contribution in [2.24, 2.45) is 0 Å². The second-order valence-electron chi connectivity index (χ2n) is 6.10. The van der Waals surface area contributed by atoms with E-state index in [1.54, 1.807) is 6.07 Å². The summed E-state index contributed by atoms with van der Waals surface area (Å²) in [6.45, 7) is 11.9. The van der Waals surface area contributed by atoms with Crippen molar-refractivity contribution in [2.75, 3.05) is 18.4 Å². The average Bonchev–Trinajstić information content (AvgIpc) is 2.82. The van der Waals surface area contributed by atoms with E-state index in [1.807, 2.05) is 25.7 Å². The van der Waals surface area contributed by atoms with E-state index in [0.29, 0.717) is 5.82 Å². The van der Waals surface area contributed by atoms with Gasteiger partial charge in [-0.2, -0.15) is 0 Å². The van der Waals surface area contributed by atoms with E-state index in [9.17, 15) is 4.79 Å². The molecule has 0 saturated carbocycles. The predicted molar refractivity (Wildman–Crippen MR) is 81.0 cm³/mol. The third-order valence-electron chi connectivity index (χ3n) is 3.05. The van der Waals surface area contributed by atoms with E-state index in [2.05, 4.69) is 24.3 Å². The van der Waals surface area contributed by atoms with Gasteiger partial charge in [0.15, 0.2) is 5.82 Å². The molecule has 1 aromatic heterocycles. The molecule has 1 heterocycles. The van der Waals surface area contributed by atoms with Crippen LogP contribution in [-0.2, 0) is 5.41 Å². The van der Waals surface area contributed by atoms with Crippen molar-refractivity contribution < 1.29 is 9.32 Å². The number of nitrogens with zero attached hydrogens (tertiary/aromatic N) is 2. The molecule has 0 bridgehead atoms. The molecule has 20 heavy (non-hydrogen) atoms. The van der Waals surface area contributed by atoms with Crippen LogP contribution in [0.1, 0.15) is 59.6 Å². The maximum Gasteiger partial charge on any atom is 0.323 e. The minimum atomic E-state index is -0.110. The van der Waals surface area contributed by atoms with Gasteiger partial charge in [-0.3, -0.25) is 5.32 Å². The molecule has 0 spiro atoms. The molecule has 0 aliphatic carbocycles. The molecule has 0 aliphatic rings. The number of hydrogen-bond acceptors (Lipinski definition) is 3. The molecule has 1 aromatic rings. The monoisotopic (exact) mass is 281 g/mol. The van der Waals surface area contributed by atoms with Crippen LogP contribution in [0.3, 0.4) is 0 Å². The number of rotatable bonds is 6. The van der Waals surface area contributed by atoms with Gasteiger partial charge in [-0.15, -0.1) is 0 Å². The Labute approximate surface area is 121 Å². The van der Waals surface area contributed by atoms with Crippen molar-refractivity contribution in [2.45, 2.75) is 59.3 Å². The molecule has 0 fully saturated rings. The molecule has 114 valence electrons. The number of carbonyl (C=O) groups is 1. The van der Waals surface area contributed by atoms with E-state index in [-0.39, 0.29) is 11.4 Å². The zero-order chi connectivity index (χ0) is 15.2. The zero-order valence-corrected chi connectivity index (χ0v) is 13.3. The molecular weight excluding hydrogens is 254 g/mol. The van der Waals surface area contributed by atoms with Crippen molar-refractivity contribution >= 4 is 11.8 Å². The molecule has 1 N–H and O–H groups in total. The van der Waals surface area contributed by atoms with Gasteiger partial charge in [0.25, 0.3) is 0 Å². The molecule has 5 heteroatoms. The Kier molecular flexibility index (Phi) is 6.05. The van der Waals surface area contributed by atoms with Crippen molar-refractivity contribution in [3.63, 3.8) is 0 Å². The number of aromatic nitrogens is 1. The third kappa shape index (κ3) is 4.87. The highest BCUT2D eigenvalue weighted by molar-refractivity contribution is 5.88. The first-order valence-electron chi connectivity index (χ1n) is 7.41. The van der Waals surface area contributed by atoms with Crippen LogP contribution in [0.2, 0.25) is 0 Å². The topological polar surface area (TPSA) is 58.4 Å². The van der Waals surface area contributed by atoms with Gasteiger partial charge in [0, 0.05) is 24.6 Å². The number of unbranched alkanes of at least 4 members (excludes halogenated alkanes) is 1. The average molecular weight is 281 g/mol. The molecular formula is C15H27N3O2. The molecule has 0 aromatic carbocycles. The van der Waals surface area contributed by atoms with Crippen molar-refractivity contribution in [1.29, 1.82) is 0 Å². The van der Waals surface area contributed by atoms with Crippen LogP contribution in [0, 0.1) is 0 Å². The first-order valence-corrected chi connectivity index (χ1v) is 7.41. The summed E-state index contributed by atoms with van der Waals surface area (Å²) in [5, 5.41) is 6.72. The van der Waals surface area contributed by atoms with E-state index < -0.39 is 0 Å². The second-order valence-corrected chi connectivity index (χ2v) is 6.10. The molecule has 1 rings (SSSR count). The largest absolute Gasteiger partial charge is 0.359 e. The summed E-state index contributed by atoms with van der Waals surface area (Å²) in [5.41, 5.74) is -0.110. The highest BCUT2D eigenvalue weighted by Gasteiger charge is 2.21. The first kappa shape index (κ1) is 16.5. The molecule has 0 unspecified atom stereocenters. The van der Waals surface area contributed by atoms with Gasteiger partial charge in [-0.1, -0.05) is 46.2 Å². The summed E-state index contributed by atoms with van der Waals surface area (Å²) in [6.07, 6.45) is 3.04. The van der Waals surface area contributed by atoms with Crippen molar-refractivity contribution in [1.82, 2.24) is 10.1 Å². The fourth-order valence-electron chi connectivity index (χ4n) is 1.81. The Hall–Kier alpha value is -1.52. The summed E-state index contributed by atoms with van der Waals surface area (Å²) in [4.78, 5) is 14.0. The maximum atomic E-state index is 12.2. The van der Waals surface area contributed by atoms with Gasteiger partial charge >= 0.3 is 6.03 Å². The SMILES string of the molecule is CCCCN(CCC)C(=O)Nc1cc(C(C)(C)C)on1. The van der Waals surface area contributed by atoms with Gasteiger partial charge in [0.1, 0.15) is 5.76 Å². The lowest BCUT2D eigenvalue weighted by molar-refractivity contribution is 0.210. The summed E-state index contributed by atoms with van der Waals surface area (Å²) in [7, 11) is 0. The lowest BCUT2D eigenvalue weighted by Crippen LogP contribution is -2.36. The van der Waals surface area contributed by atoms with Crippen LogP contribution in [-0.4, -0.2) is 29.2 Å². The predicted octanol–water partition coefficient (Wildman–Crippen LogP) is 4.02. The highest BCUT2D eigenvalue weighted by Crippen LogP contribution is 2.24. The minimum Gasteiger partial charge on any atom is -0.359 e. The van der Waals surface area contributed by atoms with Crippen LogP contribution >= 0.6 is 0 Å². The van der Waals surface area contributed by atoms with Crippen LogP contribution in [0.5, 0.6) is 0 Å². The number of amides is 2. The number of carbonyl (C=O) groups excluding carboxylic acids is 1. The standard InChI is InChI=1S/C15H27N3O2/c1-6-8-10-18(9-7-2)14(19)16-13-11-12(20-17-13)15(3,4)5/h11H,6-10H2,1-5H3,(H,16,17,19). The fraction of sp³-hybridized carbons (Fsp3) is 0.733. The third-order valence-corrected chi connectivity index (χ3v) is 3.05. The number of nitrogens with one attached hydrogen (secondary N) is 1. The molecule has 2 amide bonds. The Morgan fingerprint density at radius 2 is 2.00 bits per heavy atom. The van der Waals surface area contributed by atoms with Gasteiger partial charge in [-0.25, -0.2) is 4.79 Å². The normalized spacial score (nSPS) is 11.4. The van der Waals surface area contributed by atoms with Gasteiger partial charge in [-0.05, 0) is 12.8 Å². The maximum absolute atomic E-state index is 12.2. The van der Waals surface area contributed by atoms with Gasteiger partial charge in [0.05, 0.1) is 0 Å². The molecule has 0 aliphatic heterocycles. The summed E-state index contributed by atoms with van der Waals surface area (Å²) >= 11 is 0. The Morgan fingerprint density at radius 3 is 2.50 bits per heavy atom. The van der Waals surface area contributed by atoms with E-state index in [4.69, 9.17) is 4.52 Å². The summed E-state index contributed by atoms with van der Waals surface area (Å²) in [5.74, 6) is 1.25. The van der Waals surface area contributed by atoms with E-state index in [1.165, 1.54) is 0 Å². The first-order chi connectivity index (χ1) is 9.38. The van der Waals surface area contributed by atoms with Crippen LogP contribution < -0.4 is 5.32 Å². The fourth-order valence-corrected chi connectivity index (χ4v) is 1.81. The summed E-state index contributed by atoms with van der Waals surface area (Å²) < 4.78 is 5.27. The van der Waals surface area contributed by atoms with Crippen molar-refractivity contribution in [3.05, 3.63) is 11.8 Å². The lowest BCUT2D eigenvalue weighted by atomic mass is 9.93. The molecule has 5 nitrogen and oxygen atoms in total. The van der Waals surface area contributed by atoms with Gasteiger partial charge in [0.2, 0.25) is 0 Å². The number of urea groups is 1. The van der Waals surface area contributed by atoms with Crippen molar-refractivity contribution in [3.8, 4) is 0 Å². The summed E-state index contributed by atoms with van der Waals surface area (Å²) in [6, 6.07) is 1.69. The lowest BCUT2D eigenvalue weighted by Gasteiger charge is -2.21. The van der Waals surface area contributed by atoms with E-state index in [0.717, 1.165) is 38.1 Å². The highest BCUT2D eigenvalue weighted by atomic mass is 16.5. The zero-order valence-electron chi connectivity index (χ0n) is 13.3. The minimum absolute atomic E-state index is 0.103. The Balaban J connectivity index is 2.65. The van der Waals surface area contributed by atoms with E-state index >= 15 is 0 Å². The molecule has 0 saturated heterocycles. The molecule has 0 radical (unpaired) electrons. The van der Waals surface area contributed by atoms with Crippen LogP contribution in [0.15, 0.2) is 10.6 Å². The molecule has 0 atom stereocenters. The van der Waals surface area contributed by atoms with Gasteiger partial charge < -0.3 is 9.42 Å². The quantitative estimate of drug-likeness (QED) is 0.856. The Morgan fingerprint density at radius 1 is 1.30 bits per heavy atom. The Bertz CT molecular complexity index is 421. The number of anilines is 1. The van der Waals surface area contributed by atoms with Crippen LogP contribution in [0.4, 0.5) is 10.6 Å². The van der Waals surface area contributed by atoms with Crippen LogP contribution in [0.25, 0.3) is 0 Å². The number of hydrogen-bond donors (Lipinski definition) is 1. The second kappa shape index (κ2) is 7.31. The smallest absolute Gasteiger partial charge is 0.323 e.